The summed E-state index contributed by atoms with van der Waals surface area (Å²) in [5.41, 5.74) is 3.27. The third-order valence-electron chi connectivity index (χ3n) is 2.61. The van der Waals surface area contributed by atoms with Gasteiger partial charge in [-0.15, -0.1) is 11.3 Å². The molecule has 3 rings (SSSR count). The van der Waals surface area contributed by atoms with Crippen LogP contribution in [0.15, 0.2) is 53.3 Å². The average Bonchev–Trinajstić information content (AvgIpc) is 2.99. The Bertz CT molecular complexity index is 611. The molecule has 0 atom stereocenters. The first-order valence-corrected chi connectivity index (χ1v) is 6.21. The van der Waals surface area contributed by atoms with Gasteiger partial charge in [0.05, 0.1) is 12.0 Å². The molecule has 1 aromatic carbocycles. The monoisotopic (exact) mass is 241 g/mol. The van der Waals surface area contributed by atoms with Gasteiger partial charge in [0.25, 0.3) is 0 Å². The summed E-state index contributed by atoms with van der Waals surface area (Å²) in [7, 11) is 0. The van der Waals surface area contributed by atoms with Crippen LogP contribution in [0.3, 0.4) is 0 Å². The predicted octanol–water partition coefficient (Wildman–Crippen LogP) is 4.38. The van der Waals surface area contributed by atoms with Crippen molar-refractivity contribution in [3.8, 4) is 21.8 Å². The quantitative estimate of drug-likeness (QED) is 0.665. The van der Waals surface area contributed by atoms with Crippen LogP contribution >= 0.6 is 11.3 Å². The first kappa shape index (κ1) is 10.3. The topological polar surface area (TPSA) is 26.0 Å². The van der Waals surface area contributed by atoms with Crippen LogP contribution in [0.1, 0.15) is 4.88 Å². The van der Waals surface area contributed by atoms with Gasteiger partial charge in [-0.2, -0.15) is 0 Å². The van der Waals surface area contributed by atoms with Gasteiger partial charge in [0.2, 0.25) is 0 Å². The lowest BCUT2D eigenvalue weighted by molar-refractivity contribution is 0.568. The van der Waals surface area contributed by atoms with Crippen molar-refractivity contribution in [2.45, 2.75) is 6.92 Å². The molecule has 0 saturated carbocycles. The SMILES string of the molecule is Cc1sc(-c2ccoc2)nc1-c1ccccc1. The van der Waals surface area contributed by atoms with E-state index in [4.69, 9.17) is 4.42 Å². The first-order valence-electron chi connectivity index (χ1n) is 5.40. The number of nitrogens with zero attached hydrogens (tertiary/aromatic N) is 1. The third-order valence-corrected chi connectivity index (χ3v) is 3.63. The van der Waals surface area contributed by atoms with Crippen LogP contribution in [0.2, 0.25) is 0 Å². The van der Waals surface area contributed by atoms with E-state index in [1.165, 1.54) is 4.88 Å². The number of hydrogen-bond donors (Lipinski definition) is 0. The van der Waals surface area contributed by atoms with Gasteiger partial charge >= 0.3 is 0 Å². The largest absolute Gasteiger partial charge is 0.472 e. The Hall–Kier alpha value is -1.87. The lowest BCUT2D eigenvalue weighted by Gasteiger charge is -1.96. The van der Waals surface area contributed by atoms with Crippen LogP contribution in [0, 0.1) is 6.92 Å². The highest BCUT2D eigenvalue weighted by Gasteiger charge is 2.11. The molecule has 3 heteroatoms. The van der Waals surface area contributed by atoms with Crippen molar-refractivity contribution in [1.29, 1.82) is 0 Å². The van der Waals surface area contributed by atoms with Gasteiger partial charge < -0.3 is 4.42 Å². The highest BCUT2D eigenvalue weighted by atomic mass is 32.1. The molecule has 2 heterocycles. The summed E-state index contributed by atoms with van der Waals surface area (Å²) in [5, 5.41) is 1.01. The number of benzene rings is 1. The molecule has 0 aliphatic carbocycles. The first-order chi connectivity index (χ1) is 8.34. The standard InChI is InChI=1S/C14H11NOS/c1-10-13(11-5-3-2-4-6-11)15-14(17-10)12-7-8-16-9-12/h2-9H,1H3. The molecular formula is C14H11NOS. The van der Waals surface area contributed by atoms with Gasteiger partial charge in [0.1, 0.15) is 11.3 Å². The normalized spacial score (nSPS) is 10.6. The molecule has 3 aromatic rings. The number of rotatable bonds is 2. The summed E-state index contributed by atoms with van der Waals surface area (Å²) < 4.78 is 5.09. The fourth-order valence-corrected chi connectivity index (χ4v) is 2.69. The van der Waals surface area contributed by atoms with Crippen LogP contribution in [0.5, 0.6) is 0 Å². The van der Waals surface area contributed by atoms with Gasteiger partial charge in [0.15, 0.2) is 0 Å². The molecule has 0 aliphatic heterocycles. The predicted molar refractivity (Wildman–Crippen MR) is 70.0 cm³/mol. The smallest absolute Gasteiger partial charge is 0.127 e. The van der Waals surface area contributed by atoms with E-state index in [0.717, 1.165) is 21.8 Å². The molecule has 17 heavy (non-hydrogen) atoms. The summed E-state index contributed by atoms with van der Waals surface area (Å²) in [4.78, 5) is 5.91. The van der Waals surface area contributed by atoms with Gasteiger partial charge in [0, 0.05) is 16.0 Å². The van der Waals surface area contributed by atoms with Gasteiger partial charge in [-0.1, -0.05) is 30.3 Å². The minimum Gasteiger partial charge on any atom is -0.472 e. The van der Waals surface area contributed by atoms with E-state index >= 15 is 0 Å². The van der Waals surface area contributed by atoms with E-state index in [0.29, 0.717) is 0 Å². The molecule has 2 nitrogen and oxygen atoms in total. The molecule has 0 fully saturated rings. The molecule has 0 saturated heterocycles. The van der Waals surface area contributed by atoms with E-state index in [2.05, 4.69) is 24.0 Å². The van der Waals surface area contributed by atoms with Gasteiger partial charge in [-0.3, -0.25) is 0 Å². The number of aryl methyl sites for hydroxylation is 1. The van der Waals surface area contributed by atoms with E-state index in [1.54, 1.807) is 23.9 Å². The molecular weight excluding hydrogens is 230 g/mol. The summed E-state index contributed by atoms with van der Waals surface area (Å²) >= 11 is 1.70. The minimum absolute atomic E-state index is 1.01. The second-order valence-corrected chi connectivity index (χ2v) is 5.01. The highest BCUT2D eigenvalue weighted by Crippen LogP contribution is 2.33. The number of hydrogen-bond acceptors (Lipinski definition) is 3. The second kappa shape index (κ2) is 4.18. The van der Waals surface area contributed by atoms with E-state index in [-0.39, 0.29) is 0 Å². The maximum atomic E-state index is 5.09. The van der Waals surface area contributed by atoms with Crippen molar-refractivity contribution in [2.75, 3.05) is 0 Å². The summed E-state index contributed by atoms with van der Waals surface area (Å²) in [6, 6.07) is 12.2. The molecule has 0 radical (unpaired) electrons. The Labute approximate surface area is 104 Å². The van der Waals surface area contributed by atoms with Crippen LogP contribution in [0.25, 0.3) is 21.8 Å². The van der Waals surface area contributed by atoms with Crippen LogP contribution in [-0.4, -0.2) is 4.98 Å². The maximum Gasteiger partial charge on any atom is 0.127 e. The molecule has 0 bridgehead atoms. The lowest BCUT2D eigenvalue weighted by atomic mass is 10.1. The number of aromatic nitrogens is 1. The Morgan fingerprint density at radius 1 is 1.06 bits per heavy atom. The van der Waals surface area contributed by atoms with E-state index in [9.17, 15) is 0 Å². The minimum atomic E-state index is 1.01. The lowest BCUT2D eigenvalue weighted by Crippen LogP contribution is -1.79. The molecule has 0 N–H and O–H groups in total. The second-order valence-electron chi connectivity index (χ2n) is 3.80. The van der Waals surface area contributed by atoms with Crippen LogP contribution < -0.4 is 0 Å². The molecule has 0 spiro atoms. The van der Waals surface area contributed by atoms with Crippen molar-refractivity contribution in [2.24, 2.45) is 0 Å². The van der Waals surface area contributed by atoms with Crippen LogP contribution in [-0.2, 0) is 0 Å². The number of furan rings is 1. The molecule has 0 unspecified atom stereocenters. The third kappa shape index (κ3) is 1.89. The Kier molecular flexibility index (Phi) is 2.53. The van der Waals surface area contributed by atoms with E-state index in [1.807, 2.05) is 24.3 Å². The number of thiazole rings is 1. The van der Waals surface area contributed by atoms with Crippen LogP contribution in [0.4, 0.5) is 0 Å². The zero-order valence-electron chi connectivity index (χ0n) is 9.38. The molecule has 2 aromatic heterocycles. The zero-order chi connectivity index (χ0) is 11.7. The zero-order valence-corrected chi connectivity index (χ0v) is 10.2. The Morgan fingerprint density at radius 3 is 2.59 bits per heavy atom. The Balaban J connectivity index is 2.08. The van der Waals surface area contributed by atoms with Gasteiger partial charge in [-0.25, -0.2) is 4.98 Å². The maximum absolute atomic E-state index is 5.09. The molecule has 0 amide bonds. The van der Waals surface area contributed by atoms with Crippen molar-refractivity contribution < 1.29 is 4.42 Å². The van der Waals surface area contributed by atoms with Crippen molar-refractivity contribution in [3.63, 3.8) is 0 Å². The van der Waals surface area contributed by atoms with Crippen molar-refractivity contribution >= 4 is 11.3 Å². The van der Waals surface area contributed by atoms with Crippen molar-refractivity contribution in [3.05, 3.63) is 53.8 Å². The summed E-state index contributed by atoms with van der Waals surface area (Å²) in [6.07, 6.45) is 3.40. The Morgan fingerprint density at radius 2 is 1.88 bits per heavy atom. The highest BCUT2D eigenvalue weighted by molar-refractivity contribution is 7.15. The van der Waals surface area contributed by atoms with Gasteiger partial charge in [-0.05, 0) is 13.0 Å². The molecule has 84 valence electrons. The van der Waals surface area contributed by atoms with Crippen molar-refractivity contribution in [1.82, 2.24) is 4.98 Å². The summed E-state index contributed by atoms with van der Waals surface area (Å²) in [5.74, 6) is 0. The summed E-state index contributed by atoms with van der Waals surface area (Å²) in [6.45, 7) is 2.10. The van der Waals surface area contributed by atoms with E-state index < -0.39 is 0 Å². The average molecular weight is 241 g/mol. The molecule has 0 aliphatic rings. The fraction of sp³-hybridized carbons (Fsp3) is 0.0714. The fourth-order valence-electron chi connectivity index (χ4n) is 1.77.